The number of aromatic nitrogens is 2. The second-order valence-corrected chi connectivity index (χ2v) is 7.74. The van der Waals surface area contributed by atoms with Crippen LogP contribution < -0.4 is 4.90 Å². The number of anilines is 1. The van der Waals surface area contributed by atoms with E-state index in [9.17, 15) is 4.79 Å². The molecule has 2 aromatic rings. The van der Waals surface area contributed by atoms with Gasteiger partial charge < -0.3 is 9.80 Å². The van der Waals surface area contributed by atoms with Gasteiger partial charge in [-0.25, -0.2) is 9.97 Å². The molecule has 2 aliphatic rings. The molecular weight excluding hydrogens is 336 g/mol. The lowest BCUT2D eigenvalue weighted by atomic mass is 9.80. The average molecular weight is 364 g/mol. The summed E-state index contributed by atoms with van der Waals surface area (Å²) in [5.41, 5.74) is 5.04. The highest BCUT2D eigenvalue weighted by molar-refractivity contribution is 5.99. The minimum Gasteiger partial charge on any atom is -0.338 e. The molecule has 27 heavy (non-hydrogen) atoms. The summed E-state index contributed by atoms with van der Waals surface area (Å²) in [4.78, 5) is 27.2. The van der Waals surface area contributed by atoms with Gasteiger partial charge in [-0.15, -0.1) is 0 Å². The van der Waals surface area contributed by atoms with E-state index in [1.165, 1.54) is 11.1 Å². The Morgan fingerprint density at radius 3 is 2.48 bits per heavy atom. The van der Waals surface area contributed by atoms with Gasteiger partial charge in [-0.05, 0) is 43.9 Å². The van der Waals surface area contributed by atoms with Crippen LogP contribution in [0.4, 0.5) is 5.95 Å². The summed E-state index contributed by atoms with van der Waals surface area (Å²) in [6.07, 6.45) is 1.37. The Hall–Kier alpha value is -2.27. The minimum absolute atomic E-state index is 0.185. The third kappa shape index (κ3) is 3.48. The Kier molecular flexibility index (Phi) is 4.96. The second-order valence-electron chi connectivity index (χ2n) is 7.74. The first-order valence-electron chi connectivity index (χ1n) is 10.0. The predicted octanol–water partition coefficient (Wildman–Crippen LogP) is 3.15. The SMILES string of the molecule is CCN1CCN(c2nc(C)c3c(n2)CC(c2ccccc2C)CC3=O)CC1. The predicted molar refractivity (Wildman–Crippen MR) is 108 cm³/mol. The van der Waals surface area contributed by atoms with Crippen LogP contribution in [-0.4, -0.2) is 53.4 Å². The monoisotopic (exact) mass is 364 g/mol. The molecule has 1 aliphatic heterocycles. The Labute approximate surface area is 161 Å². The number of aryl methyl sites for hydroxylation is 2. The number of rotatable bonds is 3. The fraction of sp³-hybridized carbons (Fsp3) is 0.500. The van der Waals surface area contributed by atoms with Crippen LogP contribution in [0.2, 0.25) is 0 Å². The number of carbonyl (C=O) groups is 1. The Balaban J connectivity index is 1.64. The van der Waals surface area contributed by atoms with Crippen molar-refractivity contribution in [2.24, 2.45) is 0 Å². The fourth-order valence-electron chi connectivity index (χ4n) is 4.43. The largest absolute Gasteiger partial charge is 0.338 e. The van der Waals surface area contributed by atoms with Crippen molar-refractivity contribution in [1.29, 1.82) is 0 Å². The van der Waals surface area contributed by atoms with Gasteiger partial charge in [0.15, 0.2) is 5.78 Å². The summed E-state index contributed by atoms with van der Waals surface area (Å²) in [5, 5.41) is 0. The van der Waals surface area contributed by atoms with Crippen molar-refractivity contribution in [2.75, 3.05) is 37.6 Å². The van der Waals surface area contributed by atoms with E-state index in [1.54, 1.807) is 0 Å². The standard InChI is InChI=1S/C22H28N4O/c1-4-25-9-11-26(12-10-25)22-23-16(3)21-19(24-22)13-17(14-20(21)27)18-8-6-5-7-15(18)2/h5-8,17H,4,9-14H2,1-3H3. The van der Waals surface area contributed by atoms with Crippen molar-refractivity contribution in [3.8, 4) is 0 Å². The average Bonchev–Trinajstić information content (AvgIpc) is 2.67. The van der Waals surface area contributed by atoms with E-state index in [4.69, 9.17) is 9.97 Å². The second kappa shape index (κ2) is 7.39. The van der Waals surface area contributed by atoms with Crippen LogP contribution in [0.15, 0.2) is 24.3 Å². The Morgan fingerprint density at radius 2 is 1.78 bits per heavy atom. The lowest BCUT2D eigenvalue weighted by Gasteiger charge is -2.35. The minimum atomic E-state index is 0.185. The van der Waals surface area contributed by atoms with E-state index in [2.05, 4.69) is 47.9 Å². The molecule has 1 aromatic carbocycles. The first kappa shape index (κ1) is 18.1. The summed E-state index contributed by atoms with van der Waals surface area (Å²) in [6.45, 7) is 11.3. The number of likely N-dealkylation sites (N-methyl/N-ethyl adjacent to an activating group) is 1. The third-order valence-electron chi connectivity index (χ3n) is 6.03. The molecule has 1 aliphatic carbocycles. The van der Waals surface area contributed by atoms with Gasteiger partial charge >= 0.3 is 0 Å². The Bertz CT molecular complexity index is 855. The van der Waals surface area contributed by atoms with Gasteiger partial charge in [-0.3, -0.25) is 4.79 Å². The smallest absolute Gasteiger partial charge is 0.225 e. The summed E-state index contributed by atoms with van der Waals surface area (Å²) < 4.78 is 0. The van der Waals surface area contributed by atoms with Crippen molar-refractivity contribution < 1.29 is 4.79 Å². The third-order valence-corrected chi connectivity index (χ3v) is 6.03. The molecule has 5 heteroatoms. The molecule has 2 heterocycles. The van der Waals surface area contributed by atoms with Crippen molar-refractivity contribution in [3.05, 3.63) is 52.3 Å². The molecule has 0 amide bonds. The fourth-order valence-corrected chi connectivity index (χ4v) is 4.43. The number of Topliss-reactive ketones (excluding diaryl/α,β-unsaturated/α-hetero) is 1. The number of ketones is 1. The maximum atomic E-state index is 12.9. The molecule has 4 rings (SSSR count). The number of hydrogen-bond donors (Lipinski definition) is 0. The molecule has 0 saturated carbocycles. The van der Waals surface area contributed by atoms with E-state index in [0.717, 1.165) is 62.0 Å². The molecule has 1 saturated heterocycles. The first-order valence-corrected chi connectivity index (χ1v) is 10.0. The molecule has 1 fully saturated rings. The molecule has 142 valence electrons. The topological polar surface area (TPSA) is 49.3 Å². The lowest BCUT2D eigenvalue weighted by molar-refractivity contribution is 0.0962. The van der Waals surface area contributed by atoms with E-state index in [-0.39, 0.29) is 11.7 Å². The van der Waals surface area contributed by atoms with Crippen LogP contribution in [0, 0.1) is 13.8 Å². The molecule has 0 radical (unpaired) electrons. The van der Waals surface area contributed by atoms with E-state index in [1.807, 2.05) is 6.92 Å². The maximum Gasteiger partial charge on any atom is 0.225 e. The number of nitrogens with zero attached hydrogens (tertiary/aromatic N) is 4. The maximum absolute atomic E-state index is 12.9. The first-order chi connectivity index (χ1) is 13.1. The molecule has 1 aromatic heterocycles. The van der Waals surface area contributed by atoms with Crippen molar-refractivity contribution in [3.63, 3.8) is 0 Å². The van der Waals surface area contributed by atoms with Crippen LogP contribution >= 0.6 is 0 Å². The zero-order valence-electron chi connectivity index (χ0n) is 16.5. The normalized spacial score (nSPS) is 20.6. The van der Waals surface area contributed by atoms with Gasteiger partial charge in [0.05, 0.1) is 17.0 Å². The summed E-state index contributed by atoms with van der Waals surface area (Å²) in [6, 6.07) is 8.39. The summed E-state index contributed by atoms with van der Waals surface area (Å²) >= 11 is 0. The van der Waals surface area contributed by atoms with Crippen LogP contribution in [0.3, 0.4) is 0 Å². The van der Waals surface area contributed by atoms with Gasteiger partial charge in [0.25, 0.3) is 0 Å². The zero-order valence-corrected chi connectivity index (χ0v) is 16.5. The van der Waals surface area contributed by atoms with Gasteiger partial charge in [-0.1, -0.05) is 31.2 Å². The number of carbonyl (C=O) groups excluding carboxylic acids is 1. The highest BCUT2D eigenvalue weighted by Crippen LogP contribution is 2.35. The van der Waals surface area contributed by atoms with E-state index >= 15 is 0 Å². The van der Waals surface area contributed by atoms with Crippen molar-refractivity contribution in [2.45, 2.75) is 39.5 Å². The van der Waals surface area contributed by atoms with E-state index < -0.39 is 0 Å². The van der Waals surface area contributed by atoms with Crippen LogP contribution in [0.5, 0.6) is 0 Å². The van der Waals surface area contributed by atoms with Crippen LogP contribution in [0.25, 0.3) is 0 Å². The zero-order chi connectivity index (χ0) is 19.0. The number of piperazine rings is 1. The highest BCUT2D eigenvalue weighted by atomic mass is 16.1. The number of fused-ring (bicyclic) bond motifs is 1. The molecule has 1 unspecified atom stereocenters. The Morgan fingerprint density at radius 1 is 1.04 bits per heavy atom. The number of hydrogen-bond acceptors (Lipinski definition) is 5. The summed E-state index contributed by atoms with van der Waals surface area (Å²) in [7, 11) is 0. The highest BCUT2D eigenvalue weighted by Gasteiger charge is 2.31. The van der Waals surface area contributed by atoms with Gasteiger partial charge in [-0.2, -0.15) is 0 Å². The number of benzene rings is 1. The van der Waals surface area contributed by atoms with Crippen LogP contribution in [0.1, 0.15) is 52.1 Å². The quantitative estimate of drug-likeness (QED) is 0.837. The summed E-state index contributed by atoms with van der Waals surface area (Å²) in [5.74, 6) is 1.19. The van der Waals surface area contributed by atoms with Crippen LogP contribution in [-0.2, 0) is 6.42 Å². The molecule has 0 N–H and O–H groups in total. The molecule has 1 atom stereocenters. The van der Waals surface area contributed by atoms with E-state index in [0.29, 0.717) is 6.42 Å². The van der Waals surface area contributed by atoms with Crippen molar-refractivity contribution in [1.82, 2.24) is 14.9 Å². The molecular formula is C22H28N4O. The van der Waals surface area contributed by atoms with Gasteiger partial charge in [0.1, 0.15) is 0 Å². The molecule has 5 nitrogen and oxygen atoms in total. The van der Waals surface area contributed by atoms with Crippen molar-refractivity contribution >= 4 is 11.7 Å². The van der Waals surface area contributed by atoms with Gasteiger partial charge in [0, 0.05) is 32.6 Å². The molecule has 0 spiro atoms. The van der Waals surface area contributed by atoms with Gasteiger partial charge in [0.2, 0.25) is 5.95 Å². The molecule has 0 bridgehead atoms. The lowest BCUT2D eigenvalue weighted by Crippen LogP contribution is -2.47.